The van der Waals surface area contributed by atoms with E-state index >= 15 is 0 Å². The Labute approximate surface area is 155 Å². The first-order chi connectivity index (χ1) is 12.8. The molecule has 2 aromatic rings. The Morgan fingerprint density at radius 3 is 2.56 bits per heavy atom. The van der Waals surface area contributed by atoms with Crippen molar-refractivity contribution >= 4 is 17.4 Å². The lowest BCUT2D eigenvalue weighted by Crippen LogP contribution is -2.14. The van der Waals surface area contributed by atoms with Crippen molar-refractivity contribution < 1.29 is 24.0 Å². The Hall–Kier alpha value is -3.16. The van der Waals surface area contributed by atoms with E-state index in [9.17, 15) is 19.7 Å². The maximum Gasteiger partial charge on any atom is 0.337 e. The van der Waals surface area contributed by atoms with E-state index in [1.165, 1.54) is 19.2 Å². The molecule has 1 aromatic carbocycles. The van der Waals surface area contributed by atoms with Crippen LogP contribution in [0.4, 0.5) is 5.69 Å². The Kier molecular flexibility index (Phi) is 4.98. The molecule has 0 atom stereocenters. The lowest BCUT2D eigenvalue weighted by Gasteiger charge is -2.09. The molecule has 8 nitrogen and oxygen atoms in total. The fourth-order valence-corrected chi connectivity index (χ4v) is 3.20. The Bertz CT molecular complexity index is 927. The van der Waals surface area contributed by atoms with Crippen LogP contribution in [0.2, 0.25) is 0 Å². The molecule has 27 heavy (non-hydrogen) atoms. The number of nitrogens with zero attached hydrogens (tertiary/aromatic N) is 2. The lowest BCUT2D eigenvalue weighted by molar-refractivity contribution is -0.385. The molecular weight excluding hydrogens is 352 g/mol. The van der Waals surface area contributed by atoms with Gasteiger partial charge in [-0.15, -0.1) is 0 Å². The first kappa shape index (κ1) is 18.6. The van der Waals surface area contributed by atoms with Crippen LogP contribution >= 0.6 is 0 Å². The smallest absolute Gasteiger partial charge is 0.337 e. The van der Waals surface area contributed by atoms with Gasteiger partial charge < -0.3 is 14.0 Å². The third-order valence-electron chi connectivity index (χ3n) is 4.63. The molecule has 0 bridgehead atoms. The van der Waals surface area contributed by atoms with Crippen LogP contribution in [-0.4, -0.2) is 35.0 Å². The number of Topliss-reactive ketones (excluding diaryl/α,β-unsaturated/α-hetero) is 1. The highest BCUT2D eigenvalue weighted by Crippen LogP contribution is 2.38. The third kappa shape index (κ3) is 3.69. The van der Waals surface area contributed by atoms with Crippen molar-refractivity contribution in [3.05, 3.63) is 56.9 Å². The number of carbonyl (C=O) groups excluding carboxylic acids is 2. The predicted octanol–water partition coefficient (Wildman–Crippen LogP) is 3.40. The van der Waals surface area contributed by atoms with E-state index in [1.54, 1.807) is 0 Å². The highest BCUT2D eigenvalue weighted by Gasteiger charge is 2.28. The number of aromatic nitrogens is 1. The third-order valence-corrected chi connectivity index (χ3v) is 4.63. The second-order valence-corrected chi connectivity index (χ2v) is 6.53. The zero-order valence-electron chi connectivity index (χ0n) is 15.4. The van der Waals surface area contributed by atoms with Crippen LogP contribution in [-0.2, 0) is 4.74 Å². The molecule has 142 valence electrons. The number of ketones is 1. The van der Waals surface area contributed by atoms with E-state index < -0.39 is 10.9 Å². The van der Waals surface area contributed by atoms with Crippen LogP contribution in [0.3, 0.4) is 0 Å². The molecular formula is C19H20N2O6. The van der Waals surface area contributed by atoms with E-state index in [4.69, 9.17) is 4.74 Å². The van der Waals surface area contributed by atoms with Gasteiger partial charge in [0.05, 0.1) is 17.6 Å². The van der Waals surface area contributed by atoms with Gasteiger partial charge in [0, 0.05) is 35.1 Å². The van der Waals surface area contributed by atoms with Crippen molar-refractivity contribution in [3.63, 3.8) is 0 Å². The van der Waals surface area contributed by atoms with Gasteiger partial charge >= 0.3 is 11.7 Å². The topological polar surface area (TPSA) is 101 Å². The first-order valence-corrected chi connectivity index (χ1v) is 8.54. The fourth-order valence-electron chi connectivity index (χ4n) is 3.20. The monoisotopic (exact) mass is 372 g/mol. The Morgan fingerprint density at radius 2 is 1.96 bits per heavy atom. The zero-order valence-corrected chi connectivity index (χ0v) is 15.4. The maximum atomic E-state index is 12.6. The van der Waals surface area contributed by atoms with Crippen LogP contribution in [0.5, 0.6) is 5.75 Å². The van der Waals surface area contributed by atoms with E-state index in [0.717, 1.165) is 30.3 Å². The van der Waals surface area contributed by atoms with Crippen molar-refractivity contribution in [3.8, 4) is 5.75 Å². The van der Waals surface area contributed by atoms with E-state index in [-0.39, 0.29) is 29.4 Å². The molecule has 0 N–H and O–H groups in total. The summed E-state index contributed by atoms with van der Waals surface area (Å²) in [6.07, 6.45) is 2.21. The Balaban J connectivity index is 1.81. The number of benzene rings is 1. The number of ether oxygens (including phenoxy) is 2. The summed E-state index contributed by atoms with van der Waals surface area (Å²) < 4.78 is 12.2. The minimum atomic E-state index is -0.644. The van der Waals surface area contributed by atoms with Gasteiger partial charge in [0.2, 0.25) is 5.78 Å². The molecule has 0 amide bonds. The van der Waals surface area contributed by atoms with Gasteiger partial charge in [-0.25, -0.2) is 4.79 Å². The summed E-state index contributed by atoms with van der Waals surface area (Å²) in [4.78, 5) is 34.8. The van der Waals surface area contributed by atoms with Gasteiger partial charge in [0.1, 0.15) is 0 Å². The lowest BCUT2D eigenvalue weighted by atomic mass is 10.1. The van der Waals surface area contributed by atoms with Gasteiger partial charge in [0.15, 0.2) is 12.4 Å². The van der Waals surface area contributed by atoms with Gasteiger partial charge in [-0.2, -0.15) is 0 Å². The van der Waals surface area contributed by atoms with Gasteiger partial charge in [-0.1, -0.05) is 0 Å². The first-order valence-electron chi connectivity index (χ1n) is 8.54. The number of hydrogen-bond donors (Lipinski definition) is 0. The minimum absolute atomic E-state index is 0.109. The van der Waals surface area contributed by atoms with E-state index in [1.807, 2.05) is 19.9 Å². The molecule has 0 spiro atoms. The average molecular weight is 372 g/mol. The van der Waals surface area contributed by atoms with Crippen LogP contribution in [0.1, 0.15) is 51.0 Å². The normalized spacial score (nSPS) is 13.3. The molecule has 1 aliphatic rings. The van der Waals surface area contributed by atoms with Gasteiger partial charge in [-0.3, -0.25) is 14.9 Å². The number of nitro benzene ring substituents is 1. The molecule has 1 fully saturated rings. The maximum absolute atomic E-state index is 12.6. The van der Waals surface area contributed by atoms with Gasteiger partial charge in [0.25, 0.3) is 0 Å². The SMILES string of the molecule is COC(=O)c1ccc([N+](=O)[O-])c(OCC(=O)c2cc(C)n(C3CC3)c2C)c1. The number of carbonyl (C=O) groups is 2. The summed E-state index contributed by atoms with van der Waals surface area (Å²) in [7, 11) is 1.21. The van der Waals surface area contributed by atoms with Crippen LogP contribution in [0.15, 0.2) is 24.3 Å². The minimum Gasteiger partial charge on any atom is -0.478 e. The van der Waals surface area contributed by atoms with Crippen LogP contribution in [0, 0.1) is 24.0 Å². The highest BCUT2D eigenvalue weighted by atomic mass is 16.6. The van der Waals surface area contributed by atoms with Crippen molar-refractivity contribution in [2.75, 3.05) is 13.7 Å². The summed E-state index contributed by atoms with van der Waals surface area (Å²) in [5.41, 5.74) is 2.22. The summed E-state index contributed by atoms with van der Waals surface area (Å²) in [6, 6.07) is 5.92. The number of rotatable bonds is 7. The quantitative estimate of drug-likeness (QED) is 0.320. The summed E-state index contributed by atoms with van der Waals surface area (Å²) in [6.45, 7) is 3.48. The standard InChI is InChI=1S/C19H20N2O6/c1-11-8-15(12(2)20(11)14-5-6-14)17(22)10-27-18-9-13(19(23)26-3)4-7-16(18)21(24)25/h4,7-9,14H,5-6,10H2,1-3H3. The molecule has 0 saturated heterocycles. The number of nitro groups is 1. The Morgan fingerprint density at radius 1 is 1.26 bits per heavy atom. The molecule has 8 heteroatoms. The van der Waals surface area contributed by atoms with Crippen molar-refractivity contribution in [2.24, 2.45) is 0 Å². The summed E-state index contributed by atoms with van der Waals surface area (Å²) >= 11 is 0. The molecule has 3 rings (SSSR count). The number of hydrogen-bond acceptors (Lipinski definition) is 6. The van der Waals surface area contributed by atoms with E-state index in [0.29, 0.717) is 11.6 Å². The van der Waals surface area contributed by atoms with Crippen molar-refractivity contribution in [1.82, 2.24) is 4.57 Å². The molecule has 0 radical (unpaired) electrons. The second kappa shape index (κ2) is 7.22. The number of esters is 1. The van der Waals surface area contributed by atoms with Gasteiger partial charge in [-0.05, 0) is 38.8 Å². The molecule has 1 aliphatic carbocycles. The van der Waals surface area contributed by atoms with E-state index in [2.05, 4.69) is 9.30 Å². The molecule has 1 heterocycles. The highest BCUT2D eigenvalue weighted by molar-refractivity contribution is 5.98. The molecule has 1 aromatic heterocycles. The molecule has 0 unspecified atom stereocenters. The fraction of sp³-hybridized carbons (Fsp3) is 0.368. The largest absolute Gasteiger partial charge is 0.478 e. The number of aryl methyl sites for hydroxylation is 1. The van der Waals surface area contributed by atoms with Crippen LogP contribution in [0.25, 0.3) is 0 Å². The van der Waals surface area contributed by atoms with Crippen molar-refractivity contribution in [2.45, 2.75) is 32.7 Å². The summed E-state index contributed by atoms with van der Waals surface area (Å²) in [5, 5.41) is 11.2. The average Bonchev–Trinajstić information content (AvgIpc) is 3.43. The number of methoxy groups -OCH3 is 1. The van der Waals surface area contributed by atoms with Crippen LogP contribution < -0.4 is 4.74 Å². The predicted molar refractivity (Wildman–Crippen MR) is 96.4 cm³/mol. The summed E-state index contributed by atoms with van der Waals surface area (Å²) in [5.74, 6) is -1.06. The van der Waals surface area contributed by atoms with Crippen molar-refractivity contribution in [1.29, 1.82) is 0 Å². The molecule has 1 saturated carbocycles. The molecule has 0 aliphatic heterocycles. The second-order valence-electron chi connectivity index (χ2n) is 6.53. The zero-order chi connectivity index (χ0) is 19.7.